The van der Waals surface area contributed by atoms with Crippen LogP contribution in [0.1, 0.15) is 36.5 Å². The first-order valence-corrected chi connectivity index (χ1v) is 6.02. The van der Waals surface area contributed by atoms with Crippen molar-refractivity contribution in [1.82, 2.24) is 0 Å². The maximum absolute atomic E-state index is 10.9. The maximum Gasteiger partial charge on any atom is 0.293 e. The Morgan fingerprint density at radius 2 is 2.22 bits per heavy atom. The molecule has 5 nitrogen and oxygen atoms in total. The fraction of sp³-hybridized carbons (Fsp3) is 0.462. The van der Waals surface area contributed by atoms with Crippen LogP contribution >= 0.6 is 0 Å². The zero-order chi connectivity index (χ0) is 13.2. The Hall–Kier alpha value is -1.91. The highest BCUT2D eigenvalue weighted by Crippen LogP contribution is 2.40. The van der Waals surface area contributed by atoms with E-state index < -0.39 is 4.92 Å². The molecule has 1 saturated carbocycles. The van der Waals surface area contributed by atoms with E-state index in [1.807, 2.05) is 0 Å². The maximum atomic E-state index is 10.9. The summed E-state index contributed by atoms with van der Waals surface area (Å²) in [6.45, 7) is 2.91. The normalized spacial score (nSPS) is 16.7. The number of carbonyl (C=O) groups is 1. The predicted octanol–water partition coefficient (Wildman–Crippen LogP) is 3.01. The van der Waals surface area contributed by atoms with E-state index in [0.717, 1.165) is 19.4 Å². The first-order valence-electron chi connectivity index (χ1n) is 6.02. The minimum Gasteiger partial charge on any atom is -0.379 e. The van der Waals surface area contributed by atoms with Gasteiger partial charge in [0.2, 0.25) is 0 Å². The Labute approximate surface area is 105 Å². The molecular weight excluding hydrogens is 232 g/mol. The molecule has 0 bridgehead atoms. The van der Waals surface area contributed by atoms with E-state index in [4.69, 9.17) is 0 Å². The second-order valence-electron chi connectivity index (χ2n) is 5.17. The lowest BCUT2D eigenvalue weighted by Gasteiger charge is -2.38. The quantitative estimate of drug-likeness (QED) is 0.494. The van der Waals surface area contributed by atoms with E-state index in [9.17, 15) is 14.9 Å². The van der Waals surface area contributed by atoms with Crippen molar-refractivity contribution in [2.75, 3.05) is 11.9 Å². The van der Waals surface area contributed by atoms with Crippen molar-refractivity contribution >= 4 is 17.7 Å². The molecule has 2 rings (SSSR count). The molecule has 0 aliphatic heterocycles. The molecule has 1 aromatic carbocycles. The fourth-order valence-electron chi connectivity index (χ4n) is 2.19. The fourth-order valence-corrected chi connectivity index (χ4v) is 2.19. The molecule has 0 spiro atoms. The average molecular weight is 248 g/mol. The third kappa shape index (κ3) is 2.50. The van der Waals surface area contributed by atoms with Crippen LogP contribution in [0.15, 0.2) is 18.2 Å². The van der Waals surface area contributed by atoms with E-state index in [1.165, 1.54) is 12.5 Å². The molecule has 0 heterocycles. The molecule has 1 aliphatic rings. The lowest BCUT2D eigenvalue weighted by atomic mass is 9.70. The van der Waals surface area contributed by atoms with Gasteiger partial charge in [0.05, 0.1) is 4.92 Å². The van der Waals surface area contributed by atoms with Crippen molar-refractivity contribution < 1.29 is 9.72 Å². The minimum atomic E-state index is -0.460. The first-order chi connectivity index (χ1) is 8.54. The largest absolute Gasteiger partial charge is 0.379 e. The van der Waals surface area contributed by atoms with Gasteiger partial charge in [-0.1, -0.05) is 13.3 Å². The molecule has 0 saturated heterocycles. The zero-order valence-corrected chi connectivity index (χ0v) is 10.3. The number of nitro groups is 1. The number of hydrogen-bond acceptors (Lipinski definition) is 4. The van der Waals surface area contributed by atoms with Crippen LogP contribution in [0.2, 0.25) is 0 Å². The van der Waals surface area contributed by atoms with E-state index in [0.29, 0.717) is 17.5 Å². The number of nitrogens with zero attached hydrogens (tertiary/aromatic N) is 1. The van der Waals surface area contributed by atoms with Gasteiger partial charge in [0.1, 0.15) is 12.0 Å². The standard InChI is InChI=1S/C13H16N2O3/c1-13(5-2-6-13)9-14-11-4-3-10(8-16)7-12(11)15(17)18/h3-4,7-8,14H,2,5-6,9H2,1H3. The molecule has 1 aliphatic carbocycles. The summed E-state index contributed by atoms with van der Waals surface area (Å²) in [5.41, 5.74) is 1.01. The SMILES string of the molecule is CC1(CNc2ccc(C=O)cc2[N+](=O)[O-])CCC1. The van der Waals surface area contributed by atoms with Gasteiger partial charge >= 0.3 is 0 Å². The number of anilines is 1. The van der Waals surface area contributed by atoms with Crippen LogP contribution in [0.4, 0.5) is 11.4 Å². The summed E-state index contributed by atoms with van der Waals surface area (Å²) in [4.78, 5) is 21.1. The zero-order valence-electron chi connectivity index (χ0n) is 10.3. The number of rotatable bonds is 5. The van der Waals surface area contributed by atoms with E-state index in [-0.39, 0.29) is 11.1 Å². The Kier molecular flexibility index (Phi) is 3.32. The third-order valence-corrected chi connectivity index (χ3v) is 3.62. The number of aldehydes is 1. The van der Waals surface area contributed by atoms with Crippen molar-refractivity contribution in [1.29, 1.82) is 0 Å². The van der Waals surface area contributed by atoms with Crippen molar-refractivity contribution in [2.45, 2.75) is 26.2 Å². The van der Waals surface area contributed by atoms with Gasteiger partial charge in [0, 0.05) is 18.2 Å². The molecule has 1 N–H and O–H groups in total. The molecule has 0 amide bonds. The molecule has 0 atom stereocenters. The molecular formula is C13H16N2O3. The molecule has 0 aromatic heterocycles. The third-order valence-electron chi connectivity index (χ3n) is 3.62. The summed E-state index contributed by atoms with van der Waals surface area (Å²) in [5.74, 6) is 0. The highest BCUT2D eigenvalue weighted by Gasteiger charge is 2.31. The van der Waals surface area contributed by atoms with Crippen molar-refractivity contribution in [3.8, 4) is 0 Å². The number of nitro benzene ring substituents is 1. The predicted molar refractivity (Wildman–Crippen MR) is 68.9 cm³/mol. The highest BCUT2D eigenvalue weighted by molar-refractivity contribution is 5.79. The van der Waals surface area contributed by atoms with Crippen LogP contribution in [-0.2, 0) is 0 Å². The number of nitrogens with one attached hydrogen (secondary N) is 1. The smallest absolute Gasteiger partial charge is 0.293 e. The van der Waals surface area contributed by atoms with Crippen LogP contribution < -0.4 is 5.32 Å². The van der Waals surface area contributed by atoms with Crippen molar-refractivity contribution in [3.63, 3.8) is 0 Å². The van der Waals surface area contributed by atoms with Gasteiger partial charge in [0.15, 0.2) is 0 Å². The molecule has 0 radical (unpaired) electrons. The number of carbonyl (C=O) groups excluding carboxylic acids is 1. The second kappa shape index (κ2) is 4.76. The van der Waals surface area contributed by atoms with Crippen LogP contribution in [0.3, 0.4) is 0 Å². The van der Waals surface area contributed by atoms with Gasteiger partial charge in [0.25, 0.3) is 5.69 Å². The average Bonchev–Trinajstić information content (AvgIpc) is 2.33. The summed E-state index contributed by atoms with van der Waals surface area (Å²) < 4.78 is 0. The molecule has 0 unspecified atom stereocenters. The van der Waals surface area contributed by atoms with Gasteiger partial charge < -0.3 is 5.32 Å². The van der Waals surface area contributed by atoms with Gasteiger partial charge in [-0.2, -0.15) is 0 Å². The van der Waals surface area contributed by atoms with E-state index >= 15 is 0 Å². The monoisotopic (exact) mass is 248 g/mol. The van der Waals surface area contributed by atoms with Crippen molar-refractivity contribution in [2.24, 2.45) is 5.41 Å². The summed E-state index contributed by atoms with van der Waals surface area (Å²) in [7, 11) is 0. The molecule has 1 aromatic rings. The topological polar surface area (TPSA) is 72.2 Å². The second-order valence-corrected chi connectivity index (χ2v) is 5.17. The Bertz CT molecular complexity index is 481. The van der Waals surface area contributed by atoms with Gasteiger partial charge in [-0.15, -0.1) is 0 Å². The van der Waals surface area contributed by atoms with Gasteiger partial charge in [-0.25, -0.2) is 0 Å². The first kappa shape index (κ1) is 12.5. The van der Waals surface area contributed by atoms with E-state index in [2.05, 4.69) is 12.2 Å². The van der Waals surface area contributed by atoms with Crippen LogP contribution in [-0.4, -0.2) is 17.8 Å². The summed E-state index contributed by atoms with van der Waals surface area (Å²) >= 11 is 0. The Morgan fingerprint density at radius 3 is 2.72 bits per heavy atom. The highest BCUT2D eigenvalue weighted by atomic mass is 16.6. The molecule has 18 heavy (non-hydrogen) atoms. The van der Waals surface area contributed by atoms with Crippen LogP contribution in [0.5, 0.6) is 0 Å². The lowest BCUT2D eigenvalue weighted by Crippen LogP contribution is -2.33. The summed E-state index contributed by atoms with van der Waals surface area (Å²) in [6, 6.07) is 4.49. The molecule has 1 fully saturated rings. The molecule has 96 valence electrons. The Morgan fingerprint density at radius 1 is 1.50 bits per heavy atom. The number of hydrogen-bond donors (Lipinski definition) is 1. The summed E-state index contributed by atoms with van der Waals surface area (Å²) in [5, 5.41) is 14.1. The molecule has 5 heteroatoms. The van der Waals surface area contributed by atoms with Crippen molar-refractivity contribution in [3.05, 3.63) is 33.9 Å². The van der Waals surface area contributed by atoms with Crippen LogP contribution in [0, 0.1) is 15.5 Å². The van der Waals surface area contributed by atoms with E-state index in [1.54, 1.807) is 12.1 Å². The summed E-state index contributed by atoms with van der Waals surface area (Å²) in [6.07, 6.45) is 4.15. The minimum absolute atomic E-state index is 0.0393. The van der Waals surface area contributed by atoms with Gasteiger partial charge in [-0.05, 0) is 30.4 Å². The Balaban J connectivity index is 2.16. The van der Waals surface area contributed by atoms with Gasteiger partial charge in [-0.3, -0.25) is 14.9 Å². The lowest BCUT2D eigenvalue weighted by molar-refractivity contribution is -0.384. The number of benzene rings is 1. The van der Waals surface area contributed by atoms with Crippen LogP contribution in [0.25, 0.3) is 0 Å².